The van der Waals surface area contributed by atoms with Crippen molar-refractivity contribution in [3.05, 3.63) is 11.1 Å². The summed E-state index contributed by atoms with van der Waals surface area (Å²) in [6, 6.07) is 0. The predicted molar refractivity (Wildman–Crippen MR) is 57.7 cm³/mol. The standard InChI is InChI=1S/C8H12N2O2S2/c1-6-4-13-8(10-6)14-5-7(12)9-2-3-11/h4,11H,2-3,5H2,1H3,(H,9,12). The van der Waals surface area contributed by atoms with E-state index in [9.17, 15) is 4.79 Å². The van der Waals surface area contributed by atoms with Crippen LogP contribution in [0.15, 0.2) is 9.72 Å². The van der Waals surface area contributed by atoms with Crippen molar-refractivity contribution in [3.63, 3.8) is 0 Å². The lowest BCUT2D eigenvalue weighted by molar-refractivity contribution is -0.118. The van der Waals surface area contributed by atoms with Crippen molar-refractivity contribution in [3.8, 4) is 0 Å². The van der Waals surface area contributed by atoms with E-state index in [0.717, 1.165) is 10.0 Å². The van der Waals surface area contributed by atoms with Gasteiger partial charge in [0.15, 0.2) is 4.34 Å². The molecule has 14 heavy (non-hydrogen) atoms. The lowest BCUT2D eigenvalue weighted by Gasteiger charge is -2.00. The van der Waals surface area contributed by atoms with Crippen LogP contribution in [0.2, 0.25) is 0 Å². The number of nitrogens with zero attached hydrogens (tertiary/aromatic N) is 1. The molecule has 1 heterocycles. The molecular weight excluding hydrogens is 220 g/mol. The Kier molecular flexibility index (Phi) is 4.92. The maximum atomic E-state index is 11.1. The summed E-state index contributed by atoms with van der Waals surface area (Å²) >= 11 is 2.95. The molecule has 0 atom stereocenters. The molecule has 0 unspecified atom stereocenters. The van der Waals surface area contributed by atoms with Gasteiger partial charge in [0.1, 0.15) is 0 Å². The Morgan fingerprint density at radius 1 is 1.79 bits per heavy atom. The third-order valence-electron chi connectivity index (χ3n) is 1.36. The first kappa shape index (κ1) is 11.5. The van der Waals surface area contributed by atoms with Gasteiger partial charge in [0, 0.05) is 17.6 Å². The average molecular weight is 232 g/mol. The largest absolute Gasteiger partial charge is 0.395 e. The minimum absolute atomic E-state index is 0.0211. The van der Waals surface area contributed by atoms with Crippen LogP contribution in [0.1, 0.15) is 5.69 Å². The van der Waals surface area contributed by atoms with E-state index >= 15 is 0 Å². The van der Waals surface area contributed by atoms with Crippen molar-refractivity contribution in [2.75, 3.05) is 18.9 Å². The minimum Gasteiger partial charge on any atom is -0.395 e. The number of aromatic nitrogens is 1. The average Bonchev–Trinajstić information content (AvgIpc) is 2.58. The molecule has 1 aromatic rings. The number of nitrogens with one attached hydrogen (secondary N) is 1. The zero-order valence-electron chi connectivity index (χ0n) is 7.82. The molecule has 1 rings (SSSR count). The van der Waals surface area contributed by atoms with Crippen LogP contribution in [-0.4, -0.2) is 34.9 Å². The second-order valence-electron chi connectivity index (χ2n) is 2.62. The summed E-state index contributed by atoms with van der Waals surface area (Å²) in [5.74, 6) is 0.282. The monoisotopic (exact) mass is 232 g/mol. The van der Waals surface area contributed by atoms with Gasteiger partial charge in [-0.15, -0.1) is 11.3 Å². The van der Waals surface area contributed by atoms with Crippen LogP contribution < -0.4 is 5.32 Å². The molecule has 0 saturated carbocycles. The molecule has 6 heteroatoms. The second kappa shape index (κ2) is 6.00. The molecule has 4 nitrogen and oxygen atoms in total. The van der Waals surface area contributed by atoms with Crippen molar-refractivity contribution in [1.82, 2.24) is 10.3 Å². The Morgan fingerprint density at radius 3 is 3.14 bits per heavy atom. The molecular formula is C8H12N2O2S2. The van der Waals surface area contributed by atoms with Crippen LogP contribution >= 0.6 is 23.1 Å². The lowest BCUT2D eigenvalue weighted by Crippen LogP contribution is -2.27. The summed E-state index contributed by atoms with van der Waals surface area (Å²) in [6.45, 7) is 2.22. The zero-order valence-corrected chi connectivity index (χ0v) is 9.45. The normalized spacial score (nSPS) is 10.1. The van der Waals surface area contributed by atoms with E-state index in [0.29, 0.717) is 12.3 Å². The van der Waals surface area contributed by atoms with Crippen LogP contribution in [0, 0.1) is 6.92 Å². The number of thioether (sulfide) groups is 1. The van der Waals surface area contributed by atoms with E-state index in [1.54, 1.807) is 0 Å². The quantitative estimate of drug-likeness (QED) is 0.732. The molecule has 0 aliphatic rings. The van der Waals surface area contributed by atoms with Gasteiger partial charge in [0.2, 0.25) is 5.91 Å². The SMILES string of the molecule is Cc1csc(SCC(=O)NCCO)n1. The summed E-state index contributed by atoms with van der Waals surface area (Å²) in [5.41, 5.74) is 0.980. The highest BCUT2D eigenvalue weighted by Gasteiger charge is 2.04. The van der Waals surface area contributed by atoms with Crippen LogP contribution in [0.3, 0.4) is 0 Å². The van der Waals surface area contributed by atoms with Crippen molar-refractivity contribution >= 4 is 29.0 Å². The van der Waals surface area contributed by atoms with Crippen molar-refractivity contribution in [2.24, 2.45) is 0 Å². The highest BCUT2D eigenvalue weighted by molar-refractivity contribution is 8.01. The van der Waals surface area contributed by atoms with Crippen molar-refractivity contribution in [1.29, 1.82) is 0 Å². The maximum absolute atomic E-state index is 11.1. The smallest absolute Gasteiger partial charge is 0.230 e. The van der Waals surface area contributed by atoms with Gasteiger partial charge in [-0.05, 0) is 6.92 Å². The number of carbonyl (C=O) groups excluding carboxylic acids is 1. The van der Waals surface area contributed by atoms with Gasteiger partial charge >= 0.3 is 0 Å². The molecule has 0 bridgehead atoms. The van der Waals surface area contributed by atoms with E-state index in [4.69, 9.17) is 5.11 Å². The molecule has 0 saturated heterocycles. The lowest BCUT2D eigenvalue weighted by atomic mass is 10.6. The topological polar surface area (TPSA) is 62.2 Å². The fourth-order valence-electron chi connectivity index (χ4n) is 0.772. The van der Waals surface area contributed by atoms with Crippen LogP contribution in [0.25, 0.3) is 0 Å². The van der Waals surface area contributed by atoms with Crippen molar-refractivity contribution in [2.45, 2.75) is 11.3 Å². The molecule has 0 radical (unpaired) electrons. The Morgan fingerprint density at radius 2 is 2.57 bits per heavy atom. The van der Waals surface area contributed by atoms with E-state index in [1.165, 1.54) is 23.1 Å². The van der Waals surface area contributed by atoms with E-state index < -0.39 is 0 Å². The number of aliphatic hydroxyl groups is 1. The molecule has 1 aromatic heterocycles. The third kappa shape index (κ3) is 4.08. The first-order valence-electron chi connectivity index (χ1n) is 4.15. The maximum Gasteiger partial charge on any atom is 0.230 e. The van der Waals surface area contributed by atoms with E-state index in [1.807, 2.05) is 12.3 Å². The van der Waals surface area contributed by atoms with Crippen LogP contribution in [0.4, 0.5) is 0 Å². The van der Waals surface area contributed by atoms with Gasteiger partial charge in [-0.3, -0.25) is 4.79 Å². The Labute approximate surface area is 90.7 Å². The molecule has 1 amide bonds. The second-order valence-corrected chi connectivity index (χ2v) is 4.70. The first-order chi connectivity index (χ1) is 6.72. The summed E-state index contributed by atoms with van der Waals surface area (Å²) in [5, 5.41) is 13.0. The van der Waals surface area contributed by atoms with Gasteiger partial charge in [0.05, 0.1) is 12.4 Å². The Balaban J connectivity index is 2.23. The third-order valence-corrected chi connectivity index (χ3v) is 3.50. The number of amides is 1. The fraction of sp³-hybridized carbons (Fsp3) is 0.500. The van der Waals surface area contributed by atoms with E-state index in [2.05, 4.69) is 10.3 Å². The van der Waals surface area contributed by atoms with E-state index in [-0.39, 0.29) is 12.5 Å². The number of carbonyl (C=O) groups is 1. The zero-order chi connectivity index (χ0) is 10.4. The highest BCUT2D eigenvalue weighted by Crippen LogP contribution is 2.21. The molecule has 0 aromatic carbocycles. The summed E-state index contributed by atoms with van der Waals surface area (Å²) in [4.78, 5) is 15.3. The molecule has 0 aliphatic carbocycles. The van der Waals surface area contributed by atoms with Gasteiger partial charge < -0.3 is 10.4 Å². The molecule has 0 fully saturated rings. The molecule has 0 aliphatic heterocycles. The summed E-state index contributed by atoms with van der Waals surface area (Å²) in [6.07, 6.45) is 0. The Hall–Kier alpha value is -0.590. The Bertz CT molecular complexity index is 301. The first-order valence-corrected chi connectivity index (χ1v) is 6.01. The number of thiazole rings is 1. The predicted octanol–water partition coefficient (Wildman–Crippen LogP) is 0.652. The van der Waals surface area contributed by atoms with Crippen molar-refractivity contribution < 1.29 is 9.90 Å². The van der Waals surface area contributed by atoms with Gasteiger partial charge in [-0.25, -0.2) is 4.98 Å². The van der Waals surface area contributed by atoms with Gasteiger partial charge in [-0.2, -0.15) is 0 Å². The van der Waals surface area contributed by atoms with Crippen LogP contribution in [0.5, 0.6) is 0 Å². The summed E-state index contributed by atoms with van der Waals surface area (Å²) in [7, 11) is 0. The fourth-order valence-corrected chi connectivity index (χ4v) is 2.45. The van der Waals surface area contributed by atoms with Gasteiger partial charge in [-0.1, -0.05) is 11.8 Å². The highest BCUT2D eigenvalue weighted by atomic mass is 32.2. The number of aryl methyl sites for hydroxylation is 1. The number of hydrogen-bond donors (Lipinski definition) is 2. The summed E-state index contributed by atoms with van der Waals surface area (Å²) < 4.78 is 0.904. The van der Waals surface area contributed by atoms with Crippen LogP contribution in [-0.2, 0) is 4.79 Å². The number of rotatable bonds is 5. The molecule has 78 valence electrons. The number of aliphatic hydroxyl groups excluding tert-OH is 1. The number of hydrogen-bond acceptors (Lipinski definition) is 5. The molecule has 0 spiro atoms. The molecule has 2 N–H and O–H groups in total. The minimum atomic E-state index is -0.0723. The van der Waals surface area contributed by atoms with Gasteiger partial charge in [0.25, 0.3) is 0 Å².